The van der Waals surface area contributed by atoms with Crippen molar-refractivity contribution in [1.29, 1.82) is 0 Å². The van der Waals surface area contributed by atoms with Gasteiger partial charge in [0.2, 0.25) is 0 Å². The third-order valence-electron chi connectivity index (χ3n) is 5.44. The minimum Gasteiger partial charge on any atom is -0.493 e. The van der Waals surface area contributed by atoms with Crippen LogP contribution >= 0.6 is 0 Å². The maximum absolute atomic E-state index is 14.2. The second-order valence-electron chi connectivity index (χ2n) is 7.25. The lowest BCUT2D eigenvalue weighted by Crippen LogP contribution is -2.18. The molecule has 1 amide bonds. The number of carbonyl (C=O) groups excluding carboxylic acids is 1. The molecule has 2 aromatic carbocycles. The molecule has 0 aliphatic carbocycles. The molecule has 4 rings (SSSR count). The van der Waals surface area contributed by atoms with E-state index in [0.29, 0.717) is 36.1 Å². The molecule has 8 heteroatoms. The second kappa shape index (κ2) is 9.18. The Morgan fingerprint density at radius 3 is 2.58 bits per heavy atom. The minimum absolute atomic E-state index is 0.0279. The first-order chi connectivity index (χ1) is 15.1. The number of H-pyrrole nitrogens is 1. The molecule has 0 radical (unpaired) electrons. The maximum Gasteiger partial charge on any atom is 0.258 e. The number of aromatic amines is 1. The first-order valence-electron chi connectivity index (χ1n) is 10.1. The van der Waals surface area contributed by atoms with E-state index >= 15 is 0 Å². The van der Waals surface area contributed by atoms with E-state index in [4.69, 9.17) is 14.2 Å². The molecule has 1 fully saturated rings. The van der Waals surface area contributed by atoms with Crippen LogP contribution in [-0.4, -0.2) is 43.5 Å². The number of carbonyl (C=O) groups is 1. The van der Waals surface area contributed by atoms with Crippen LogP contribution in [0.25, 0.3) is 11.3 Å². The Labute approximate surface area is 179 Å². The molecule has 0 saturated carbocycles. The number of nitrogens with zero attached hydrogens (tertiary/aromatic N) is 1. The van der Waals surface area contributed by atoms with Crippen molar-refractivity contribution < 1.29 is 23.4 Å². The lowest BCUT2D eigenvalue weighted by Gasteiger charge is -2.22. The van der Waals surface area contributed by atoms with E-state index in [9.17, 15) is 9.18 Å². The number of aromatic nitrogens is 2. The molecule has 31 heavy (non-hydrogen) atoms. The van der Waals surface area contributed by atoms with Crippen molar-refractivity contribution in [2.75, 3.05) is 32.8 Å². The Balaban J connectivity index is 1.76. The Kier molecular flexibility index (Phi) is 6.18. The molecular formula is C23H24FN3O4. The molecule has 1 aromatic heterocycles. The average molecular weight is 425 g/mol. The first kappa shape index (κ1) is 20.9. The van der Waals surface area contributed by atoms with Crippen LogP contribution in [0.5, 0.6) is 11.5 Å². The van der Waals surface area contributed by atoms with Crippen LogP contribution in [0.3, 0.4) is 0 Å². The van der Waals surface area contributed by atoms with Crippen LogP contribution < -0.4 is 14.8 Å². The molecule has 162 valence electrons. The van der Waals surface area contributed by atoms with E-state index in [-0.39, 0.29) is 11.5 Å². The summed E-state index contributed by atoms with van der Waals surface area (Å²) < 4.78 is 30.4. The molecule has 7 nitrogen and oxygen atoms in total. The molecule has 3 aromatic rings. The molecule has 2 N–H and O–H groups in total. The van der Waals surface area contributed by atoms with Gasteiger partial charge in [0.15, 0.2) is 11.5 Å². The van der Waals surface area contributed by atoms with Crippen molar-refractivity contribution >= 4 is 11.6 Å². The number of benzene rings is 2. The summed E-state index contributed by atoms with van der Waals surface area (Å²) in [4.78, 5) is 12.9. The predicted octanol–water partition coefficient (Wildman–Crippen LogP) is 4.38. The van der Waals surface area contributed by atoms with Crippen LogP contribution in [0, 0.1) is 5.82 Å². The lowest BCUT2D eigenvalue weighted by atomic mass is 9.94. The zero-order valence-electron chi connectivity index (χ0n) is 17.4. The topological polar surface area (TPSA) is 85.5 Å². The van der Waals surface area contributed by atoms with E-state index in [0.717, 1.165) is 24.1 Å². The first-order valence-corrected chi connectivity index (χ1v) is 10.1. The van der Waals surface area contributed by atoms with Gasteiger partial charge in [-0.3, -0.25) is 9.89 Å². The fourth-order valence-corrected chi connectivity index (χ4v) is 3.78. The SMILES string of the molecule is COc1ccc(-c2n[nH]c(C3CCOCC3)c2NC(=O)c2ccccc2F)cc1OC. The summed E-state index contributed by atoms with van der Waals surface area (Å²) in [6.45, 7) is 1.27. The van der Waals surface area contributed by atoms with Crippen molar-refractivity contribution in [3.8, 4) is 22.8 Å². The van der Waals surface area contributed by atoms with Crippen molar-refractivity contribution in [2.24, 2.45) is 0 Å². The fourth-order valence-electron chi connectivity index (χ4n) is 3.78. The van der Waals surface area contributed by atoms with Crippen LogP contribution in [0.15, 0.2) is 42.5 Å². The average Bonchev–Trinajstić information content (AvgIpc) is 3.22. The number of ether oxygens (including phenoxy) is 3. The summed E-state index contributed by atoms with van der Waals surface area (Å²) in [5.74, 6) is 0.162. The molecule has 0 spiro atoms. The smallest absolute Gasteiger partial charge is 0.258 e. The number of anilines is 1. The largest absolute Gasteiger partial charge is 0.493 e. The van der Waals surface area contributed by atoms with Gasteiger partial charge in [-0.25, -0.2) is 4.39 Å². The normalized spacial score (nSPS) is 14.3. The number of amides is 1. The number of hydrogen-bond donors (Lipinski definition) is 2. The molecule has 0 atom stereocenters. The number of methoxy groups -OCH3 is 2. The van der Waals surface area contributed by atoms with Crippen LogP contribution in [-0.2, 0) is 4.74 Å². The standard InChI is InChI=1S/C23H24FN3O4/c1-29-18-8-7-15(13-19(18)30-2)21-22(20(26-27-21)14-9-11-31-12-10-14)25-23(28)16-5-3-4-6-17(16)24/h3-8,13-14H,9-12H2,1-2H3,(H,25,28)(H,26,27). The zero-order valence-corrected chi connectivity index (χ0v) is 17.4. The van der Waals surface area contributed by atoms with E-state index in [1.54, 1.807) is 38.5 Å². The van der Waals surface area contributed by atoms with Gasteiger partial charge in [0.05, 0.1) is 31.2 Å². The highest BCUT2D eigenvalue weighted by molar-refractivity contribution is 6.06. The highest BCUT2D eigenvalue weighted by atomic mass is 19.1. The van der Waals surface area contributed by atoms with Crippen molar-refractivity contribution in [3.63, 3.8) is 0 Å². The summed E-state index contributed by atoms with van der Waals surface area (Å²) in [6.07, 6.45) is 1.60. The highest BCUT2D eigenvalue weighted by Gasteiger charge is 2.26. The van der Waals surface area contributed by atoms with Crippen molar-refractivity contribution in [1.82, 2.24) is 10.2 Å². The van der Waals surface area contributed by atoms with Gasteiger partial charge in [-0.15, -0.1) is 0 Å². The van der Waals surface area contributed by atoms with Gasteiger partial charge < -0.3 is 19.5 Å². The number of nitrogens with one attached hydrogen (secondary N) is 2. The minimum atomic E-state index is -0.580. The van der Waals surface area contributed by atoms with Crippen molar-refractivity contribution in [2.45, 2.75) is 18.8 Å². The summed E-state index contributed by atoms with van der Waals surface area (Å²) in [7, 11) is 3.12. The monoisotopic (exact) mass is 425 g/mol. The molecule has 0 bridgehead atoms. The van der Waals surface area contributed by atoms with E-state index in [2.05, 4.69) is 15.5 Å². The molecule has 1 aliphatic heterocycles. The summed E-state index contributed by atoms with van der Waals surface area (Å²) in [5, 5.41) is 10.5. The predicted molar refractivity (Wildman–Crippen MR) is 114 cm³/mol. The Hall–Kier alpha value is -3.39. The van der Waals surface area contributed by atoms with Crippen molar-refractivity contribution in [3.05, 3.63) is 59.5 Å². The van der Waals surface area contributed by atoms with Gasteiger partial charge in [-0.2, -0.15) is 5.10 Å². The summed E-state index contributed by atoms with van der Waals surface area (Å²) >= 11 is 0. The quantitative estimate of drug-likeness (QED) is 0.612. The van der Waals surface area contributed by atoms with E-state index in [1.807, 2.05) is 6.07 Å². The van der Waals surface area contributed by atoms with Gasteiger partial charge in [-0.05, 0) is 43.2 Å². The van der Waals surface area contributed by atoms with Gasteiger partial charge >= 0.3 is 0 Å². The number of rotatable bonds is 6. The van der Waals surface area contributed by atoms with Gasteiger partial charge in [0.1, 0.15) is 11.5 Å². The van der Waals surface area contributed by atoms with E-state index in [1.165, 1.54) is 12.1 Å². The Morgan fingerprint density at radius 2 is 1.87 bits per heavy atom. The number of hydrogen-bond acceptors (Lipinski definition) is 5. The van der Waals surface area contributed by atoms with Gasteiger partial charge in [-0.1, -0.05) is 12.1 Å². The van der Waals surface area contributed by atoms with Crippen LogP contribution in [0.4, 0.5) is 10.1 Å². The number of halogens is 1. The summed E-state index contributed by atoms with van der Waals surface area (Å²) in [5.41, 5.74) is 2.59. The second-order valence-corrected chi connectivity index (χ2v) is 7.25. The van der Waals surface area contributed by atoms with Gasteiger partial charge in [0.25, 0.3) is 5.91 Å². The zero-order chi connectivity index (χ0) is 21.8. The summed E-state index contributed by atoms with van der Waals surface area (Å²) in [6, 6.07) is 11.3. The molecule has 1 saturated heterocycles. The van der Waals surface area contributed by atoms with Gasteiger partial charge in [0, 0.05) is 24.7 Å². The Bertz CT molecular complexity index is 1080. The lowest BCUT2D eigenvalue weighted by molar-refractivity contribution is 0.0846. The third kappa shape index (κ3) is 4.25. The molecule has 0 unspecified atom stereocenters. The van der Waals surface area contributed by atoms with Crippen LogP contribution in [0.2, 0.25) is 0 Å². The highest BCUT2D eigenvalue weighted by Crippen LogP contribution is 2.39. The fraction of sp³-hybridized carbons (Fsp3) is 0.304. The Morgan fingerprint density at radius 1 is 1.13 bits per heavy atom. The van der Waals surface area contributed by atoms with Crippen LogP contribution in [0.1, 0.15) is 34.8 Å². The maximum atomic E-state index is 14.2. The third-order valence-corrected chi connectivity index (χ3v) is 5.44. The molecule has 1 aliphatic rings. The molecule has 2 heterocycles. The van der Waals surface area contributed by atoms with E-state index < -0.39 is 11.7 Å². The molecular weight excluding hydrogens is 401 g/mol.